The van der Waals surface area contributed by atoms with E-state index < -0.39 is 0 Å². The molecule has 0 saturated carbocycles. The smallest absolute Gasteiger partial charge is 0.115 e. The highest BCUT2D eigenvalue weighted by Crippen LogP contribution is 2.27. The summed E-state index contributed by atoms with van der Waals surface area (Å²) in [6.45, 7) is 12.7. The van der Waals surface area contributed by atoms with E-state index in [0.29, 0.717) is 11.7 Å². The predicted molar refractivity (Wildman–Crippen MR) is 71.8 cm³/mol. The van der Waals surface area contributed by atoms with Crippen LogP contribution in [0.4, 0.5) is 0 Å². The van der Waals surface area contributed by atoms with Crippen LogP contribution in [0.25, 0.3) is 0 Å². The minimum atomic E-state index is 0.355. The largest absolute Gasteiger partial charge is 0.508 e. The highest BCUT2D eigenvalue weighted by molar-refractivity contribution is 5.28. The molecule has 0 aromatic heterocycles. The Kier molecular flexibility index (Phi) is 7.36. The van der Waals surface area contributed by atoms with Gasteiger partial charge in [0.2, 0.25) is 0 Å². The molecular weight excluding hydrogens is 196 g/mol. The van der Waals surface area contributed by atoms with Gasteiger partial charge in [-0.05, 0) is 42.4 Å². The molecule has 0 saturated heterocycles. The molecule has 1 aromatic rings. The van der Waals surface area contributed by atoms with Gasteiger partial charge in [0.15, 0.2) is 0 Å². The Morgan fingerprint density at radius 3 is 2.00 bits per heavy atom. The Morgan fingerprint density at radius 2 is 1.62 bits per heavy atom. The molecule has 0 heterocycles. The highest BCUT2D eigenvalue weighted by atomic mass is 16.3. The van der Waals surface area contributed by atoms with E-state index in [2.05, 4.69) is 33.9 Å². The third kappa shape index (κ3) is 5.01. The van der Waals surface area contributed by atoms with Crippen LogP contribution in [0.2, 0.25) is 0 Å². The molecule has 0 aliphatic heterocycles. The second kappa shape index (κ2) is 7.98. The molecule has 1 unspecified atom stereocenters. The molecule has 0 radical (unpaired) electrons. The molecule has 0 aliphatic rings. The zero-order chi connectivity index (χ0) is 12.6. The number of phenolic OH excluding ortho intramolecular Hbond substituents is 1. The van der Waals surface area contributed by atoms with Gasteiger partial charge in [-0.2, -0.15) is 0 Å². The third-order valence-electron chi connectivity index (χ3n) is 2.61. The van der Waals surface area contributed by atoms with E-state index >= 15 is 0 Å². The van der Waals surface area contributed by atoms with Crippen molar-refractivity contribution < 1.29 is 5.11 Å². The Balaban J connectivity index is 0.00000106. The minimum Gasteiger partial charge on any atom is -0.508 e. The fourth-order valence-corrected chi connectivity index (χ4v) is 1.85. The van der Waals surface area contributed by atoms with Crippen molar-refractivity contribution in [1.82, 2.24) is 0 Å². The summed E-state index contributed by atoms with van der Waals surface area (Å²) < 4.78 is 0. The van der Waals surface area contributed by atoms with Crippen LogP contribution in [0.1, 0.15) is 45.1 Å². The number of aromatic hydroxyl groups is 1. The van der Waals surface area contributed by atoms with Crippen molar-refractivity contribution in [2.45, 2.75) is 39.5 Å². The molecule has 1 N–H and O–H groups in total. The molecule has 1 heteroatoms. The summed E-state index contributed by atoms with van der Waals surface area (Å²) in [4.78, 5) is 0. The van der Waals surface area contributed by atoms with Gasteiger partial charge in [-0.25, -0.2) is 0 Å². The van der Waals surface area contributed by atoms with Crippen LogP contribution < -0.4 is 0 Å². The summed E-state index contributed by atoms with van der Waals surface area (Å²) in [7, 11) is 0. The molecule has 0 spiro atoms. The van der Waals surface area contributed by atoms with E-state index in [-0.39, 0.29) is 0 Å². The van der Waals surface area contributed by atoms with Crippen LogP contribution in [-0.4, -0.2) is 5.11 Å². The van der Waals surface area contributed by atoms with Crippen molar-refractivity contribution >= 4 is 0 Å². The minimum absolute atomic E-state index is 0.355. The SMILES string of the molecule is C=C.CCC(CC(C)C)c1ccc(O)cc1. The summed E-state index contributed by atoms with van der Waals surface area (Å²) in [5, 5.41) is 9.19. The average molecular weight is 220 g/mol. The monoisotopic (exact) mass is 220 g/mol. The molecule has 90 valence electrons. The quantitative estimate of drug-likeness (QED) is 0.727. The van der Waals surface area contributed by atoms with Crippen LogP contribution in [-0.2, 0) is 0 Å². The van der Waals surface area contributed by atoms with Gasteiger partial charge >= 0.3 is 0 Å². The first-order valence-electron chi connectivity index (χ1n) is 5.92. The van der Waals surface area contributed by atoms with Gasteiger partial charge in [-0.3, -0.25) is 0 Å². The summed E-state index contributed by atoms with van der Waals surface area (Å²) in [5.74, 6) is 1.72. The fraction of sp³-hybridized carbons (Fsp3) is 0.467. The van der Waals surface area contributed by atoms with Crippen molar-refractivity contribution in [3.63, 3.8) is 0 Å². The number of rotatable bonds is 4. The number of benzene rings is 1. The first kappa shape index (κ1) is 14.8. The normalized spacial score (nSPS) is 11.8. The van der Waals surface area contributed by atoms with Gasteiger partial charge < -0.3 is 5.11 Å². The zero-order valence-electron chi connectivity index (χ0n) is 10.7. The van der Waals surface area contributed by atoms with E-state index in [1.807, 2.05) is 12.1 Å². The van der Waals surface area contributed by atoms with Crippen LogP contribution >= 0.6 is 0 Å². The molecule has 0 fully saturated rings. The van der Waals surface area contributed by atoms with Crippen LogP contribution in [0.5, 0.6) is 5.75 Å². The van der Waals surface area contributed by atoms with E-state index in [4.69, 9.17) is 0 Å². The second-order valence-corrected chi connectivity index (χ2v) is 4.33. The summed E-state index contributed by atoms with van der Waals surface area (Å²) in [6, 6.07) is 7.62. The van der Waals surface area contributed by atoms with Crippen LogP contribution in [0.15, 0.2) is 37.4 Å². The number of hydrogen-bond acceptors (Lipinski definition) is 1. The van der Waals surface area contributed by atoms with Crippen molar-refractivity contribution in [3.8, 4) is 5.75 Å². The van der Waals surface area contributed by atoms with Crippen molar-refractivity contribution in [3.05, 3.63) is 43.0 Å². The lowest BCUT2D eigenvalue weighted by molar-refractivity contribution is 0.471. The maximum atomic E-state index is 9.19. The summed E-state index contributed by atoms with van der Waals surface area (Å²) in [6.07, 6.45) is 2.39. The number of phenols is 1. The van der Waals surface area contributed by atoms with Gasteiger partial charge in [-0.1, -0.05) is 32.9 Å². The Morgan fingerprint density at radius 1 is 1.12 bits per heavy atom. The second-order valence-electron chi connectivity index (χ2n) is 4.33. The molecule has 16 heavy (non-hydrogen) atoms. The van der Waals surface area contributed by atoms with Gasteiger partial charge in [0.05, 0.1) is 0 Å². The lowest BCUT2D eigenvalue weighted by atomic mass is 9.88. The van der Waals surface area contributed by atoms with E-state index in [9.17, 15) is 5.11 Å². The molecule has 1 aromatic carbocycles. The fourth-order valence-electron chi connectivity index (χ4n) is 1.85. The number of hydrogen-bond donors (Lipinski definition) is 1. The topological polar surface area (TPSA) is 20.2 Å². The predicted octanol–water partition coefficient (Wildman–Crippen LogP) is 4.73. The standard InChI is InChI=1S/C13H20O.C2H4/c1-4-11(9-10(2)3)12-5-7-13(14)8-6-12;1-2/h5-8,10-11,14H,4,9H2,1-3H3;1-2H2. The highest BCUT2D eigenvalue weighted by Gasteiger charge is 2.10. The Bertz CT molecular complexity index is 274. The van der Waals surface area contributed by atoms with Gasteiger partial charge in [0, 0.05) is 0 Å². The van der Waals surface area contributed by atoms with Gasteiger partial charge in [0.1, 0.15) is 5.75 Å². The maximum Gasteiger partial charge on any atom is 0.115 e. The molecule has 1 atom stereocenters. The first-order valence-corrected chi connectivity index (χ1v) is 5.92. The van der Waals surface area contributed by atoms with Gasteiger partial charge in [-0.15, -0.1) is 13.2 Å². The van der Waals surface area contributed by atoms with Crippen molar-refractivity contribution in [1.29, 1.82) is 0 Å². The lowest BCUT2D eigenvalue weighted by Crippen LogP contribution is -2.01. The van der Waals surface area contributed by atoms with Crippen LogP contribution in [0, 0.1) is 5.92 Å². The van der Waals surface area contributed by atoms with Gasteiger partial charge in [0.25, 0.3) is 0 Å². The Labute approximate surface area is 99.8 Å². The maximum absolute atomic E-state index is 9.19. The molecule has 0 amide bonds. The van der Waals surface area contributed by atoms with Crippen molar-refractivity contribution in [2.24, 2.45) is 5.92 Å². The molecule has 1 rings (SSSR count). The van der Waals surface area contributed by atoms with Crippen LogP contribution in [0.3, 0.4) is 0 Å². The average Bonchev–Trinajstić information content (AvgIpc) is 2.29. The molecular formula is C15H24O. The molecule has 0 aliphatic carbocycles. The summed E-state index contributed by atoms with van der Waals surface area (Å²) >= 11 is 0. The van der Waals surface area contributed by atoms with E-state index in [1.54, 1.807) is 12.1 Å². The first-order chi connectivity index (χ1) is 7.63. The van der Waals surface area contributed by atoms with Crippen molar-refractivity contribution in [2.75, 3.05) is 0 Å². The molecule has 0 bridgehead atoms. The third-order valence-corrected chi connectivity index (χ3v) is 2.61. The van der Waals surface area contributed by atoms with E-state index in [0.717, 1.165) is 5.92 Å². The summed E-state index contributed by atoms with van der Waals surface area (Å²) in [5.41, 5.74) is 1.35. The lowest BCUT2D eigenvalue weighted by Gasteiger charge is -2.17. The Hall–Kier alpha value is -1.24. The van der Waals surface area contributed by atoms with E-state index in [1.165, 1.54) is 18.4 Å². The zero-order valence-corrected chi connectivity index (χ0v) is 10.7. The molecule has 1 nitrogen and oxygen atoms in total.